The first kappa shape index (κ1) is 13.1. The smallest absolute Gasteiger partial charge is 0.190 e. The Morgan fingerprint density at radius 1 is 1.44 bits per heavy atom. The normalized spacial score (nSPS) is 10.6. The minimum Gasteiger partial charge on any atom is -0.370 e. The molecule has 0 fully saturated rings. The van der Waals surface area contributed by atoms with Gasteiger partial charge in [0.25, 0.3) is 0 Å². The predicted molar refractivity (Wildman–Crippen MR) is 72.0 cm³/mol. The SMILES string of the molecule is CSc1nc(Cl)cc(NCCCc2ncn[nH]2)n1. The Kier molecular flexibility index (Phi) is 4.77. The monoisotopic (exact) mass is 284 g/mol. The Labute approximate surface area is 114 Å². The molecule has 0 amide bonds. The summed E-state index contributed by atoms with van der Waals surface area (Å²) in [5.74, 6) is 1.64. The first-order valence-corrected chi connectivity index (χ1v) is 7.05. The van der Waals surface area contributed by atoms with Crippen molar-refractivity contribution in [2.45, 2.75) is 18.0 Å². The number of H-pyrrole nitrogens is 1. The van der Waals surface area contributed by atoms with Crippen molar-refractivity contribution in [3.05, 3.63) is 23.4 Å². The topological polar surface area (TPSA) is 79.4 Å². The minimum atomic E-state index is 0.451. The van der Waals surface area contributed by atoms with E-state index in [-0.39, 0.29) is 0 Å². The van der Waals surface area contributed by atoms with Crippen molar-refractivity contribution >= 4 is 29.2 Å². The molecule has 18 heavy (non-hydrogen) atoms. The van der Waals surface area contributed by atoms with Crippen molar-refractivity contribution in [1.29, 1.82) is 0 Å². The molecule has 96 valence electrons. The van der Waals surface area contributed by atoms with Gasteiger partial charge in [0.15, 0.2) is 5.16 Å². The van der Waals surface area contributed by atoms with Gasteiger partial charge >= 0.3 is 0 Å². The second kappa shape index (κ2) is 6.55. The quantitative estimate of drug-likeness (QED) is 0.366. The number of rotatable bonds is 6. The van der Waals surface area contributed by atoms with E-state index in [0.29, 0.717) is 10.3 Å². The third-order valence-corrected chi connectivity index (χ3v) is 2.96. The van der Waals surface area contributed by atoms with E-state index in [4.69, 9.17) is 11.6 Å². The number of halogens is 1. The fraction of sp³-hybridized carbons (Fsp3) is 0.400. The summed E-state index contributed by atoms with van der Waals surface area (Å²) < 4.78 is 0. The van der Waals surface area contributed by atoms with Gasteiger partial charge < -0.3 is 5.32 Å². The van der Waals surface area contributed by atoms with Gasteiger partial charge in [0.05, 0.1) is 0 Å². The van der Waals surface area contributed by atoms with Crippen LogP contribution >= 0.6 is 23.4 Å². The number of hydrogen-bond donors (Lipinski definition) is 2. The highest BCUT2D eigenvalue weighted by Gasteiger charge is 2.02. The maximum absolute atomic E-state index is 5.90. The van der Waals surface area contributed by atoms with Crippen LogP contribution in [-0.2, 0) is 6.42 Å². The summed E-state index contributed by atoms with van der Waals surface area (Å²) in [4.78, 5) is 12.4. The van der Waals surface area contributed by atoms with Crippen molar-refractivity contribution in [2.75, 3.05) is 18.1 Å². The first-order chi connectivity index (χ1) is 8.78. The lowest BCUT2D eigenvalue weighted by Crippen LogP contribution is -2.06. The van der Waals surface area contributed by atoms with Crippen LogP contribution in [-0.4, -0.2) is 37.9 Å². The summed E-state index contributed by atoms with van der Waals surface area (Å²) in [7, 11) is 0. The molecule has 0 spiro atoms. The molecule has 0 bridgehead atoms. The van der Waals surface area contributed by atoms with Gasteiger partial charge in [0.1, 0.15) is 23.1 Å². The van der Waals surface area contributed by atoms with Crippen molar-refractivity contribution in [1.82, 2.24) is 25.1 Å². The van der Waals surface area contributed by atoms with Gasteiger partial charge in [0, 0.05) is 19.0 Å². The van der Waals surface area contributed by atoms with E-state index >= 15 is 0 Å². The van der Waals surface area contributed by atoms with Crippen LogP contribution in [0.2, 0.25) is 5.15 Å². The summed E-state index contributed by atoms with van der Waals surface area (Å²) in [6.45, 7) is 0.794. The molecule has 2 aromatic rings. The molecule has 0 aliphatic carbocycles. The van der Waals surface area contributed by atoms with Crippen LogP contribution in [0.5, 0.6) is 0 Å². The van der Waals surface area contributed by atoms with E-state index in [0.717, 1.165) is 31.0 Å². The van der Waals surface area contributed by atoms with Crippen LogP contribution in [0.3, 0.4) is 0 Å². The largest absolute Gasteiger partial charge is 0.370 e. The van der Waals surface area contributed by atoms with E-state index < -0.39 is 0 Å². The molecule has 0 atom stereocenters. The number of anilines is 1. The van der Waals surface area contributed by atoms with Gasteiger partial charge in [-0.25, -0.2) is 15.0 Å². The predicted octanol–water partition coefficient (Wildman–Crippen LogP) is 2.01. The van der Waals surface area contributed by atoms with Crippen molar-refractivity contribution in [3.63, 3.8) is 0 Å². The van der Waals surface area contributed by atoms with Gasteiger partial charge in [-0.1, -0.05) is 23.4 Å². The molecule has 0 saturated carbocycles. The Balaban J connectivity index is 1.81. The molecule has 0 aliphatic heterocycles. The molecule has 2 aromatic heterocycles. The van der Waals surface area contributed by atoms with E-state index in [1.807, 2.05) is 6.26 Å². The summed E-state index contributed by atoms with van der Waals surface area (Å²) in [6, 6.07) is 1.72. The summed E-state index contributed by atoms with van der Waals surface area (Å²) in [6.07, 6.45) is 5.21. The second-order valence-corrected chi connectivity index (χ2v) is 4.69. The number of hydrogen-bond acceptors (Lipinski definition) is 6. The van der Waals surface area contributed by atoms with Crippen molar-refractivity contribution < 1.29 is 0 Å². The lowest BCUT2D eigenvalue weighted by molar-refractivity contribution is 0.800. The summed E-state index contributed by atoms with van der Waals surface area (Å²) >= 11 is 7.36. The Morgan fingerprint density at radius 3 is 3.06 bits per heavy atom. The van der Waals surface area contributed by atoms with Gasteiger partial charge in [0.2, 0.25) is 0 Å². The lowest BCUT2D eigenvalue weighted by Gasteiger charge is -2.06. The molecule has 2 rings (SSSR count). The second-order valence-electron chi connectivity index (χ2n) is 3.53. The Morgan fingerprint density at radius 2 is 2.33 bits per heavy atom. The van der Waals surface area contributed by atoms with E-state index in [2.05, 4.69) is 30.5 Å². The molecular formula is C10H13ClN6S. The average molecular weight is 285 g/mol. The molecule has 0 unspecified atom stereocenters. The number of aromatic amines is 1. The minimum absolute atomic E-state index is 0.451. The average Bonchev–Trinajstić information content (AvgIpc) is 2.87. The summed E-state index contributed by atoms with van der Waals surface area (Å²) in [5.41, 5.74) is 0. The van der Waals surface area contributed by atoms with Crippen molar-refractivity contribution in [3.8, 4) is 0 Å². The molecule has 0 saturated heterocycles. The summed E-state index contributed by atoms with van der Waals surface area (Å²) in [5, 5.41) is 10.9. The van der Waals surface area contributed by atoms with Crippen LogP contribution in [0, 0.1) is 0 Å². The van der Waals surface area contributed by atoms with Gasteiger partial charge in [-0.3, -0.25) is 5.10 Å². The highest BCUT2D eigenvalue weighted by atomic mass is 35.5. The zero-order valence-corrected chi connectivity index (χ0v) is 11.4. The van der Waals surface area contributed by atoms with Gasteiger partial charge in [-0.05, 0) is 12.7 Å². The standard InChI is InChI=1S/C10H13ClN6S/c1-18-10-15-7(11)5-9(16-10)12-4-2-3-8-13-6-14-17-8/h5-6H,2-4H2,1H3,(H,12,15,16)(H,13,14,17). The number of thioether (sulfide) groups is 1. The molecule has 0 aromatic carbocycles. The number of aromatic nitrogens is 5. The molecule has 0 aliphatic rings. The molecule has 6 nitrogen and oxygen atoms in total. The van der Waals surface area contributed by atoms with Crippen LogP contribution < -0.4 is 5.32 Å². The molecule has 2 N–H and O–H groups in total. The first-order valence-electron chi connectivity index (χ1n) is 5.44. The molecule has 0 radical (unpaired) electrons. The van der Waals surface area contributed by atoms with Crippen molar-refractivity contribution in [2.24, 2.45) is 0 Å². The highest BCUT2D eigenvalue weighted by Crippen LogP contribution is 2.17. The van der Waals surface area contributed by atoms with Gasteiger partial charge in [-0.15, -0.1) is 0 Å². The van der Waals surface area contributed by atoms with E-state index in [9.17, 15) is 0 Å². The molecular weight excluding hydrogens is 272 g/mol. The zero-order chi connectivity index (χ0) is 12.8. The maximum Gasteiger partial charge on any atom is 0.190 e. The maximum atomic E-state index is 5.90. The third-order valence-electron chi connectivity index (χ3n) is 2.22. The Hall–Kier alpha value is -1.34. The van der Waals surface area contributed by atoms with E-state index in [1.165, 1.54) is 18.1 Å². The number of nitrogens with zero attached hydrogens (tertiary/aromatic N) is 4. The van der Waals surface area contributed by atoms with Crippen LogP contribution in [0.4, 0.5) is 5.82 Å². The Bertz CT molecular complexity index is 489. The fourth-order valence-corrected chi connectivity index (χ4v) is 2.01. The van der Waals surface area contributed by atoms with Crippen LogP contribution in [0.15, 0.2) is 17.6 Å². The van der Waals surface area contributed by atoms with E-state index in [1.54, 1.807) is 6.07 Å². The number of nitrogens with one attached hydrogen (secondary N) is 2. The lowest BCUT2D eigenvalue weighted by atomic mass is 10.3. The fourth-order valence-electron chi connectivity index (χ4n) is 1.40. The highest BCUT2D eigenvalue weighted by molar-refractivity contribution is 7.98. The van der Waals surface area contributed by atoms with Crippen LogP contribution in [0.1, 0.15) is 12.2 Å². The van der Waals surface area contributed by atoms with Crippen LogP contribution in [0.25, 0.3) is 0 Å². The molecule has 8 heteroatoms. The zero-order valence-electron chi connectivity index (χ0n) is 9.85. The third kappa shape index (κ3) is 3.85. The molecule has 2 heterocycles. The number of aryl methyl sites for hydroxylation is 1. The van der Waals surface area contributed by atoms with Gasteiger partial charge in [-0.2, -0.15) is 5.10 Å².